The van der Waals surface area contributed by atoms with Gasteiger partial charge in [0, 0.05) is 13.1 Å². The van der Waals surface area contributed by atoms with Crippen molar-refractivity contribution in [3.8, 4) is 0 Å². The molecule has 1 saturated heterocycles. The molecule has 2 heterocycles. The number of hydrogen-bond acceptors (Lipinski definition) is 4. The van der Waals surface area contributed by atoms with Crippen molar-refractivity contribution in [2.45, 2.75) is 25.3 Å². The monoisotopic (exact) mass is 319 g/mol. The zero-order valence-electron chi connectivity index (χ0n) is 13.6. The first kappa shape index (κ1) is 15.1. The van der Waals surface area contributed by atoms with Crippen molar-refractivity contribution < 1.29 is 4.42 Å². The molecule has 1 fully saturated rings. The van der Waals surface area contributed by atoms with Crippen molar-refractivity contribution >= 4 is 0 Å². The van der Waals surface area contributed by atoms with Crippen LogP contribution in [-0.4, -0.2) is 28.2 Å². The Morgan fingerprint density at radius 1 is 0.917 bits per heavy atom. The largest absolute Gasteiger partial charge is 0.425 e. The summed E-state index contributed by atoms with van der Waals surface area (Å²) in [5.41, 5.74) is 2.55. The molecular weight excluding hydrogens is 298 g/mol. The predicted octanol–water partition coefficient (Wildman–Crippen LogP) is 3.65. The van der Waals surface area contributed by atoms with Crippen LogP contribution in [0.2, 0.25) is 0 Å². The topological polar surface area (TPSA) is 42.2 Å². The van der Waals surface area contributed by atoms with Crippen LogP contribution in [0.15, 0.2) is 65.1 Å². The van der Waals surface area contributed by atoms with Crippen LogP contribution < -0.4 is 0 Å². The minimum absolute atomic E-state index is 0.353. The molecule has 4 rings (SSSR count). The lowest BCUT2D eigenvalue weighted by atomic mass is 10.1. The van der Waals surface area contributed by atoms with Gasteiger partial charge in [-0.05, 0) is 24.1 Å². The molecule has 122 valence electrons. The molecule has 0 bridgehead atoms. The number of nitrogens with zero attached hydrogens (tertiary/aromatic N) is 3. The van der Waals surface area contributed by atoms with Gasteiger partial charge < -0.3 is 4.42 Å². The zero-order chi connectivity index (χ0) is 16.2. The molecule has 3 aromatic rings. The van der Waals surface area contributed by atoms with Crippen molar-refractivity contribution in [2.24, 2.45) is 0 Å². The van der Waals surface area contributed by atoms with Gasteiger partial charge in [0.1, 0.15) is 0 Å². The highest BCUT2D eigenvalue weighted by Gasteiger charge is 2.28. The van der Waals surface area contributed by atoms with Gasteiger partial charge in [-0.3, -0.25) is 4.90 Å². The second-order valence-electron chi connectivity index (χ2n) is 6.40. The lowest BCUT2D eigenvalue weighted by Crippen LogP contribution is -2.19. The minimum Gasteiger partial charge on any atom is -0.425 e. The van der Waals surface area contributed by atoms with E-state index >= 15 is 0 Å². The Bertz CT molecular complexity index is 770. The maximum absolute atomic E-state index is 5.92. The lowest BCUT2D eigenvalue weighted by Gasteiger charge is -2.14. The Kier molecular flexibility index (Phi) is 4.38. The first-order valence-electron chi connectivity index (χ1n) is 8.49. The third kappa shape index (κ3) is 3.54. The van der Waals surface area contributed by atoms with Crippen LogP contribution in [0.4, 0.5) is 0 Å². The van der Waals surface area contributed by atoms with Gasteiger partial charge in [-0.1, -0.05) is 60.7 Å². The molecule has 0 saturated carbocycles. The summed E-state index contributed by atoms with van der Waals surface area (Å²) in [6, 6.07) is 20.9. The highest BCUT2D eigenvalue weighted by Crippen LogP contribution is 2.27. The quantitative estimate of drug-likeness (QED) is 0.720. The van der Waals surface area contributed by atoms with E-state index in [1.54, 1.807) is 0 Å². The van der Waals surface area contributed by atoms with E-state index in [9.17, 15) is 0 Å². The third-order valence-corrected chi connectivity index (χ3v) is 4.55. The van der Waals surface area contributed by atoms with E-state index in [0.717, 1.165) is 31.9 Å². The van der Waals surface area contributed by atoms with Gasteiger partial charge in [0.25, 0.3) is 0 Å². The fourth-order valence-corrected chi connectivity index (χ4v) is 3.29. The van der Waals surface area contributed by atoms with Crippen LogP contribution in [-0.2, 0) is 13.0 Å². The second-order valence-corrected chi connectivity index (χ2v) is 6.40. The van der Waals surface area contributed by atoms with Crippen LogP contribution in [0.3, 0.4) is 0 Å². The zero-order valence-corrected chi connectivity index (χ0v) is 13.6. The van der Waals surface area contributed by atoms with Crippen LogP contribution >= 0.6 is 0 Å². The smallest absolute Gasteiger partial charge is 0.220 e. The van der Waals surface area contributed by atoms with Gasteiger partial charge in [0.15, 0.2) is 0 Å². The van der Waals surface area contributed by atoms with Gasteiger partial charge in [-0.25, -0.2) is 0 Å². The van der Waals surface area contributed by atoms with Crippen LogP contribution in [0.5, 0.6) is 0 Å². The Labute approximate surface area is 142 Å². The maximum atomic E-state index is 5.92. The van der Waals surface area contributed by atoms with Crippen LogP contribution in [0.1, 0.15) is 35.2 Å². The summed E-state index contributed by atoms with van der Waals surface area (Å²) in [6.45, 7) is 3.06. The van der Waals surface area contributed by atoms with Gasteiger partial charge in [-0.2, -0.15) is 0 Å². The first-order valence-corrected chi connectivity index (χ1v) is 8.49. The van der Waals surface area contributed by atoms with E-state index in [4.69, 9.17) is 4.42 Å². The summed E-state index contributed by atoms with van der Waals surface area (Å²) in [4.78, 5) is 2.46. The summed E-state index contributed by atoms with van der Waals surface area (Å²) in [7, 11) is 0. The van der Waals surface area contributed by atoms with E-state index in [1.807, 2.05) is 18.2 Å². The molecule has 1 aromatic heterocycles. The normalized spacial score (nSPS) is 18.1. The summed E-state index contributed by atoms with van der Waals surface area (Å²) in [5.74, 6) is 1.85. The molecule has 1 aliphatic heterocycles. The molecule has 1 aliphatic rings. The van der Waals surface area contributed by atoms with E-state index < -0.39 is 0 Å². The Morgan fingerprint density at radius 3 is 2.38 bits per heavy atom. The molecule has 24 heavy (non-hydrogen) atoms. The van der Waals surface area contributed by atoms with Gasteiger partial charge in [-0.15, -0.1) is 10.2 Å². The molecule has 0 radical (unpaired) electrons. The molecule has 4 nitrogen and oxygen atoms in total. The molecule has 2 aromatic carbocycles. The summed E-state index contributed by atoms with van der Waals surface area (Å²) in [6.07, 6.45) is 1.79. The second kappa shape index (κ2) is 6.97. The predicted molar refractivity (Wildman–Crippen MR) is 92.6 cm³/mol. The van der Waals surface area contributed by atoms with Crippen molar-refractivity contribution in [3.63, 3.8) is 0 Å². The van der Waals surface area contributed by atoms with Crippen LogP contribution in [0.25, 0.3) is 0 Å². The third-order valence-electron chi connectivity index (χ3n) is 4.55. The molecule has 0 N–H and O–H groups in total. The number of hydrogen-bond donors (Lipinski definition) is 0. The maximum Gasteiger partial charge on any atom is 0.220 e. The van der Waals surface area contributed by atoms with Gasteiger partial charge in [0.2, 0.25) is 11.8 Å². The SMILES string of the molecule is c1ccc(Cc2nnc([C@H]3CCN(Cc4ccccc4)C3)o2)cc1. The van der Waals surface area contributed by atoms with Gasteiger partial charge in [0.05, 0.1) is 12.3 Å². The molecular formula is C20H21N3O. The Balaban J connectivity index is 1.37. The van der Waals surface area contributed by atoms with Crippen molar-refractivity contribution in [3.05, 3.63) is 83.6 Å². The highest BCUT2D eigenvalue weighted by atomic mass is 16.4. The van der Waals surface area contributed by atoms with E-state index in [2.05, 4.69) is 57.6 Å². The van der Waals surface area contributed by atoms with Crippen molar-refractivity contribution in [1.82, 2.24) is 15.1 Å². The Hall–Kier alpha value is -2.46. The van der Waals surface area contributed by atoms with Crippen molar-refractivity contribution in [1.29, 1.82) is 0 Å². The molecule has 0 aliphatic carbocycles. The average molecular weight is 319 g/mol. The molecule has 1 atom stereocenters. The van der Waals surface area contributed by atoms with Gasteiger partial charge >= 0.3 is 0 Å². The summed E-state index contributed by atoms with van der Waals surface area (Å²) >= 11 is 0. The van der Waals surface area contributed by atoms with E-state index in [-0.39, 0.29) is 0 Å². The summed E-state index contributed by atoms with van der Waals surface area (Å²) in [5, 5.41) is 8.52. The number of aromatic nitrogens is 2. The standard InChI is InChI=1S/C20H21N3O/c1-3-7-16(8-4-1)13-19-21-22-20(24-19)18-11-12-23(15-18)14-17-9-5-2-6-10-17/h1-10,18H,11-15H2/t18-/m0/s1. The molecule has 4 heteroatoms. The molecule has 0 spiro atoms. The number of likely N-dealkylation sites (tertiary alicyclic amines) is 1. The first-order chi connectivity index (χ1) is 11.9. The van der Waals surface area contributed by atoms with E-state index in [1.165, 1.54) is 11.1 Å². The minimum atomic E-state index is 0.353. The summed E-state index contributed by atoms with van der Waals surface area (Å²) < 4.78 is 5.92. The fraction of sp³-hybridized carbons (Fsp3) is 0.300. The molecule has 0 amide bonds. The van der Waals surface area contributed by atoms with E-state index in [0.29, 0.717) is 18.2 Å². The molecule has 0 unspecified atom stereocenters. The average Bonchev–Trinajstić information content (AvgIpc) is 3.26. The highest BCUT2D eigenvalue weighted by molar-refractivity contribution is 5.18. The van der Waals surface area contributed by atoms with Crippen LogP contribution in [0, 0.1) is 0 Å². The number of benzene rings is 2. The lowest BCUT2D eigenvalue weighted by molar-refractivity contribution is 0.318. The Morgan fingerprint density at radius 2 is 1.62 bits per heavy atom. The fourth-order valence-electron chi connectivity index (χ4n) is 3.29. The van der Waals surface area contributed by atoms with Crippen molar-refractivity contribution in [2.75, 3.05) is 13.1 Å². The number of rotatable bonds is 5.